The smallest absolute Gasteiger partial charge is 0.351 e. The standard InChI is InChI=1S/C36H39N5O11S/c1-22-17-41(36(46)39-32(22)42)31-16-26(50-21-53-2)27(51-31)18-47-20-49-25-15-30(52-28(25)19-48-34(44)24-11-7-4-8-12-24)40-14-13-29(38-35(40)45)37-33(43)23-9-5-3-6-10-23/h3-14,17,25-28,30-31H,15-16,18-21H2,1-2H3,(H,39,42,46)(H,37,38,43,45)/t25-,26-,27+,28+,30+,31+/m0/s1. The zero-order chi connectivity index (χ0) is 37.3. The molecule has 2 aromatic heterocycles. The number of rotatable bonds is 15. The highest BCUT2D eigenvalue weighted by molar-refractivity contribution is 7.98. The van der Waals surface area contributed by atoms with Gasteiger partial charge in [0.15, 0.2) is 0 Å². The molecule has 2 saturated heterocycles. The lowest BCUT2D eigenvalue weighted by Crippen LogP contribution is -2.34. The number of aromatic nitrogens is 4. The fourth-order valence-electron chi connectivity index (χ4n) is 5.94. The van der Waals surface area contributed by atoms with Crippen LogP contribution in [0.5, 0.6) is 0 Å². The van der Waals surface area contributed by atoms with Gasteiger partial charge in [0.05, 0.1) is 30.3 Å². The van der Waals surface area contributed by atoms with Crippen LogP contribution in [0.2, 0.25) is 0 Å². The quantitative estimate of drug-likeness (QED) is 0.103. The van der Waals surface area contributed by atoms with Crippen molar-refractivity contribution in [3.63, 3.8) is 0 Å². The van der Waals surface area contributed by atoms with Crippen LogP contribution in [-0.4, -0.2) is 87.6 Å². The Morgan fingerprint density at radius 1 is 0.887 bits per heavy atom. The molecular weight excluding hydrogens is 710 g/mol. The minimum Gasteiger partial charge on any atom is -0.459 e. The minimum atomic E-state index is -0.832. The Morgan fingerprint density at radius 2 is 1.53 bits per heavy atom. The van der Waals surface area contributed by atoms with Crippen LogP contribution in [0.15, 0.2) is 93.5 Å². The first-order chi connectivity index (χ1) is 25.7. The van der Waals surface area contributed by atoms with Gasteiger partial charge < -0.3 is 33.7 Å². The summed E-state index contributed by atoms with van der Waals surface area (Å²) in [6, 6.07) is 18.5. The van der Waals surface area contributed by atoms with E-state index < -0.39 is 65.7 Å². The Labute approximate surface area is 307 Å². The summed E-state index contributed by atoms with van der Waals surface area (Å²) in [5.74, 6) is -0.496. The Kier molecular flexibility index (Phi) is 12.7. The van der Waals surface area contributed by atoms with Crippen molar-refractivity contribution < 1.29 is 38.0 Å². The van der Waals surface area contributed by atoms with E-state index in [9.17, 15) is 24.0 Å². The summed E-state index contributed by atoms with van der Waals surface area (Å²) in [4.78, 5) is 69.2. The number of carbonyl (C=O) groups excluding carboxylic acids is 2. The number of benzene rings is 2. The number of carbonyl (C=O) groups is 2. The van der Waals surface area contributed by atoms with Gasteiger partial charge >= 0.3 is 17.3 Å². The van der Waals surface area contributed by atoms with Crippen LogP contribution in [0, 0.1) is 6.92 Å². The molecule has 16 nitrogen and oxygen atoms in total. The monoisotopic (exact) mass is 749 g/mol. The fourth-order valence-corrected chi connectivity index (χ4v) is 6.25. The molecule has 2 aromatic carbocycles. The third-order valence-electron chi connectivity index (χ3n) is 8.67. The zero-order valence-corrected chi connectivity index (χ0v) is 29.8. The van der Waals surface area contributed by atoms with Crippen LogP contribution in [0.4, 0.5) is 5.82 Å². The van der Waals surface area contributed by atoms with E-state index >= 15 is 0 Å². The molecule has 4 aromatic rings. The number of H-pyrrole nitrogens is 1. The normalized spacial score (nSPS) is 22.5. The first-order valence-corrected chi connectivity index (χ1v) is 18.2. The number of aromatic amines is 1. The summed E-state index contributed by atoms with van der Waals surface area (Å²) in [5.41, 5.74) is -0.576. The van der Waals surface area contributed by atoms with Crippen molar-refractivity contribution in [3.8, 4) is 0 Å². The summed E-state index contributed by atoms with van der Waals surface area (Å²) < 4.78 is 38.4. The van der Waals surface area contributed by atoms with Crippen molar-refractivity contribution in [2.45, 2.75) is 56.6 Å². The number of esters is 1. The molecule has 0 radical (unpaired) electrons. The number of thioether (sulfide) groups is 1. The molecule has 2 aliphatic rings. The highest BCUT2D eigenvalue weighted by Gasteiger charge is 2.40. The van der Waals surface area contributed by atoms with Crippen LogP contribution in [0.3, 0.4) is 0 Å². The van der Waals surface area contributed by atoms with E-state index in [0.29, 0.717) is 29.1 Å². The second kappa shape index (κ2) is 17.7. The average molecular weight is 750 g/mol. The lowest BCUT2D eigenvalue weighted by atomic mass is 10.2. The van der Waals surface area contributed by atoms with Crippen LogP contribution < -0.4 is 22.3 Å². The maximum Gasteiger partial charge on any atom is 0.351 e. The van der Waals surface area contributed by atoms with E-state index in [-0.39, 0.29) is 32.2 Å². The summed E-state index contributed by atoms with van der Waals surface area (Å²) >= 11 is 1.49. The molecule has 0 saturated carbocycles. The van der Waals surface area contributed by atoms with Gasteiger partial charge in [0.2, 0.25) is 0 Å². The van der Waals surface area contributed by atoms with Crippen molar-refractivity contribution in [2.75, 3.05) is 37.5 Å². The van der Waals surface area contributed by atoms with E-state index in [1.165, 1.54) is 39.4 Å². The Balaban J connectivity index is 1.10. The molecule has 6 atom stereocenters. The summed E-state index contributed by atoms with van der Waals surface area (Å²) in [7, 11) is 0. The van der Waals surface area contributed by atoms with Gasteiger partial charge in [0, 0.05) is 36.4 Å². The van der Waals surface area contributed by atoms with Crippen LogP contribution in [0.1, 0.15) is 51.6 Å². The van der Waals surface area contributed by atoms with Crippen molar-refractivity contribution in [2.24, 2.45) is 0 Å². The lowest BCUT2D eigenvalue weighted by Gasteiger charge is -2.21. The molecule has 1 amide bonds. The zero-order valence-electron chi connectivity index (χ0n) is 29.0. The maximum absolute atomic E-state index is 13.1. The number of hydrogen-bond donors (Lipinski definition) is 2. The largest absolute Gasteiger partial charge is 0.459 e. The SMILES string of the molecule is CSCO[C@H]1C[C@H](n2cc(C)c(=O)[nH]c2=O)O[C@@H]1COCO[C@H]1C[C@H](n2ccc(NC(=O)c3ccccc3)nc2=O)O[C@@H]1COC(=O)c1ccccc1. The molecule has 17 heteroatoms. The molecule has 0 unspecified atom stereocenters. The molecule has 0 aliphatic carbocycles. The van der Waals surface area contributed by atoms with Crippen LogP contribution in [-0.2, 0) is 28.4 Å². The number of anilines is 1. The Hall–Kier alpha value is -4.91. The number of aryl methyl sites for hydroxylation is 1. The van der Waals surface area contributed by atoms with Gasteiger partial charge in [0.1, 0.15) is 43.9 Å². The van der Waals surface area contributed by atoms with E-state index in [1.807, 2.05) is 6.26 Å². The highest BCUT2D eigenvalue weighted by Crippen LogP contribution is 2.32. The molecule has 4 heterocycles. The highest BCUT2D eigenvalue weighted by atomic mass is 32.2. The van der Waals surface area contributed by atoms with Gasteiger partial charge in [0.25, 0.3) is 11.5 Å². The van der Waals surface area contributed by atoms with Gasteiger partial charge in [-0.15, -0.1) is 11.8 Å². The third-order valence-corrected chi connectivity index (χ3v) is 9.04. The van der Waals surface area contributed by atoms with Crippen LogP contribution in [0.25, 0.3) is 0 Å². The second-order valence-electron chi connectivity index (χ2n) is 12.3. The number of amides is 1. The molecule has 0 bridgehead atoms. The topological polar surface area (TPSA) is 191 Å². The summed E-state index contributed by atoms with van der Waals surface area (Å²) in [5, 5.41) is 2.62. The predicted octanol–water partition coefficient (Wildman–Crippen LogP) is 2.85. The first-order valence-electron chi connectivity index (χ1n) is 16.8. The molecule has 2 N–H and O–H groups in total. The number of nitrogens with one attached hydrogen (secondary N) is 2. The molecule has 280 valence electrons. The second-order valence-corrected chi connectivity index (χ2v) is 13.1. The number of ether oxygens (including phenoxy) is 6. The molecule has 2 aliphatic heterocycles. The van der Waals surface area contributed by atoms with E-state index in [2.05, 4.69) is 15.3 Å². The van der Waals surface area contributed by atoms with E-state index in [1.54, 1.807) is 67.6 Å². The molecule has 53 heavy (non-hydrogen) atoms. The van der Waals surface area contributed by atoms with Gasteiger partial charge in [-0.2, -0.15) is 4.98 Å². The first kappa shape index (κ1) is 37.8. The number of hydrogen-bond acceptors (Lipinski definition) is 13. The number of nitrogens with zero attached hydrogens (tertiary/aromatic N) is 3. The summed E-state index contributed by atoms with van der Waals surface area (Å²) in [6.45, 7) is 1.27. The molecular formula is C36H39N5O11S. The van der Waals surface area contributed by atoms with Crippen LogP contribution >= 0.6 is 11.8 Å². The predicted molar refractivity (Wildman–Crippen MR) is 192 cm³/mol. The van der Waals surface area contributed by atoms with Gasteiger partial charge in [-0.05, 0) is 43.5 Å². The lowest BCUT2D eigenvalue weighted by molar-refractivity contribution is -0.145. The fraction of sp³-hybridized carbons (Fsp3) is 0.389. The van der Waals surface area contributed by atoms with Gasteiger partial charge in [-0.25, -0.2) is 14.4 Å². The van der Waals surface area contributed by atoms with Crippen molar-refractivity contribution in [3.05, 3.63) is 127 Å². The van der Waals surface area contributed by atoms with Gasteiger partial charge in [-0.1, -0.05) is 36.4 Å². The van der Waals surface area contributed by atoms with Crippen molar-refractivity contribution in [1.29, 1.82) is 0 Å². The van der Waals surface area contributed by atoms with Gasteiger partial charge in [-0.3, -0.25) is 23.7 Å². The third kappa shape index (κ3) is 9.56. The van der Waals surface area contributed by atoms with Crippen molar-refractivity contribution >= 4 is 29.5 Å². The minimum absolute atomic E-state index is 0.0524. The molecule has 0 spiro atoms. The van der Waals surface area contributed by atoms with E-state index in [0.717, 1.165) is 0 Å². The molecule has 2 fully saturated rings. The Bertz CT molecular complexity index is 2040. The Morgan fingerprint density at radius 3 is 2.21 bits per heavy atom. The van der Waals surface area contributed by atoms with E-state index in [4.69, 9.17) is 28.4 Å². The van der Waals surface area contributed by atoms with Crippen molar-refractivity contribution in [1.82, 2.24) is 19.1 Å². The average Bonchev–Trinajstić information content (AvgIpc) is 3.77. The molecule has 6 rings (SSSR count). The maximum atomic E-state index is 13.1. The summed E-state index contributed by atoms with van der Waals surface area (Å²) in [6.07, 6.45) is 1.43.